The molecule has 0 saturated carbocycles. The Hall–Kier alpha value is -2.60. The molecule has 0 aliphatic rings. The standard InChI is InChI=1S/C22H11BrCl2O4/c23-13-5-3-4-12(10-13)22(27)29-21-19(26)16-6-1-2-7-18(16)28-20(21)15-9-8-14(24)11-17(15)25/h1-11H. The fraction of sp³-hybridized carbons (Fsp3) is 0. The Kier molecular flexibility index (Phi) is 5.46. The minimum Gasteiger partial charge on any atom is -0.452 e. The second-order valence-electron chi connectivity index (χ2n) is 6.11. The van der Waals surface area contributed by atoms with E-state index in [0.29, 0.717) is 26.0 Å². The zero-order valence-electron chi connectivity index (χ0n) is 14.6. The summed E-state index contributed by atoms with van der Waals surface area (Å²) in [5, 5.41) is 0.976. The van der Waals surface area contributed by atoms with E-state index in [9.17, 15) is 9.59 Å². The number of fused-ring (bicyclic) bond motifs is 1. The van der Waals surface area contributed by atoms with Gasteiger partial charge in [0.25, 0.3) is 0 Å². The average molecular weight is 490 g/mol. The number of carbonyl (C=O) groups is 1. The van der Waals surface area contributed by atoms with Crippen LogP contribution >= 0.6 is 39.1 Å². The lowest BCUT2D eigenvalue weighted by Gasteiger charge is -2.12. The molecule has 4 nitrogen and oxygen atoms in total. The van der Waals surface area contributed by atoms with Gasteiger partial charge in [-0.25, -0.2) is 4.79 Å². The third kappa shape index (κ3) is 3.94. The van der Waals surface area contributed by atoms with Crippen LogP contribution in [-0.2, 0) is 0 Å². The van der Waals surface area contributed by atoms with Crippen molar-refractivity contribution in [2.24, 2.45) is 0 Å². The van der Waals surface area contributed by atoms with Gasteiger partial charge in [0.15, 0.2) is 5.76 Å². The zero-order valence-corrected chi connectivity index (χ0v) is 17.7. The second-order valence-corrected chi connectivity index (χ2v) is 7.87. The van der Waals surface area contributed by atoms with Gasteiger partial charge in [-0.2, -0.15) is 0 Å². The van der Waals surface area contributed by atoms with E-state index in [1.807, 2.05) is 0 Å². The maximum Gasteiger partial charge on any atom is 0.343 e. The first-order valence-corrected chi connectivity index (χ1v) is 9.98. The van der Waals surface area contributed by atoms with Gasteiger partial charge in [0.1, 0.15) is 5.58 Å². The van der Waals surface area contributed by atoms with Gasteiger partial charge in [-0.05, 0) is 48.5 Å². The molecule has 7 heteroatoms. The Morgan fingerprint density at radius 1 is 0.966 bits per heavy atom. The van der Waals surface area contributed by atoms with Crippen molar-refractivity contribution in [2.75, 3.05) is 0 Å². The fourth-order valence-electron chi connectivity index (χ4n) is 2.84. The Morgan fingerprint density at radius 2 is 1.76 bits per heavy atom. The number of rotatable bonds is 3. The predicted octanol–water partition coefficient (Wildman–Crippen LogP) is 6.75. The maximum atomic E-state index is 13.1. The summed E-state index contributed by atoms with van der Waals surface area (Å²) < 4.78 is 12.1. The SMILES string of the molecule is O=C(Oc1c(-c2ccc(Cl)cc2Cl)oc2ccccc2c1=O)c1cccc(Br)c1. The van der Waals surface area contributed by atoms with E-state index in [1.165, 1.54) is 6.07 Å². The van der Waals surface area contributed by atoms with E-state index >= 15 is 0 Å². The minimum absolute atomic E-state index is 0.0544. The van der Waals surface area contributed by atoms with Crippen LogP contribution in [0.4, 0.5) is 0 Å². The van der Waals surface area contributed by atoms with E-state index < -0.39 is 11.4 Å². The molecule has 0 unspecified atom stereocenters. The van der Waals surface area contributed by atoms with Crippen LogP contribution in [0, 0.1) is 0 Å². The van der Waals surface area contributed by atoms with Gasteiger partial charge in [0, 0.05) is 15.1 Å². The zero-order chi connectivity index (χ0) is 20.5. The highest BCUT2D eigenvalue weighted by atomic mass is 79.9. The monoisotopic (exact) mass is 488 g/mol. The van der Waals surface area contributed by atoms with Crippen LogP contribution < -0.4 is 10.2 Å². The number of halogens is 3. The normalized spacial score (nSPS) is 10.9. The molecule has 0 spiro atoms. The first kappa shape index (κ1) is 19.7. The molecule has 0 saturated heterocycles. The summed E-state index contributed by atoms with van der Waals surface area (Å²) in [4.78, 5) is 25.8. The summed E-state index contributed by atoms with van der Waals surface area (Å²) in [6.07, 6.45) is 0. The van der Waals surface area contributed by atoms with E-state index in [4.69, 9.17) is 32.4 Å². The van der Waals surface area contributed by atoms with Crippen LogP contribution in [0.5, 0.6) is 5.75 Å². The molecule has 4 rings (SSSR count). The lowest BCUT2D eigenvalue weighted by Crippen LogP contribution is -2.16. The van der Waals surface area contributed by atoms with E-state index in [0.717, 1.165) is 0 Å². The highest BCUT2D eigenvalue weighted by Gasteiger charge is 2.23. The molecular weight excluding hydrogens is 479 g/mol. The number of hydrogen-bond donors (Lipinski definition) is 0. The highest BCUT2D eigenvalue weighted by Crippen LogP contribution is 2.36. The Bertz CT molecular complexity index is 1310. The van der Waals surface area contributed by atoms with Crippen molar-refractivity contribution >= 4 is 56.1 Å². The summed E-state index contributed by atoms with van der Waals surface area (Å²) in [6, 6.07) is 18.1. The summed E-state index contributed by atoms with van der Waals surface area (Å²) in [6.45, 7) is 0. The smallest absolute Gasteiger partial charge is 0.343 e. The van der Waals surface area contributed by atoms with Gasteiger partial charge in [0.2, 0.25) is 11.2 Å². The minimum atomic E-state index is -0.694. The van der Waals surface area contributed by atoms with Crippen LogP contribution in [0.3, 0.4) is 0 Å². The van der Waals surface area contributed by atoms with Gasteiger partial charge in [0.05, 0.1) is 16.0 Å². The van der Waals surface area contributed by atoms with Crippen molar-refractivity contribution in [1.29, 1.82) is 0 Å². The first-order valence-electron chi connectivity index (χ1n) is 8.43. The summed E-state index contributed by atoms with van der Waals surface area (Å²) in [5.74, 6) is -0.878. The molecular formula is C22H11BrCl2O4. The summed E-state index contributed by atoms with van der Waals surface area (Å²) >= 11 is 15.6. The molecule has 0 amide bonds. The molecule has 0 bridgehead atoms. The number of ether oxygens (including phenoxy) is 1. The molecule has 0 N–H and O–H groups in total. The largest absolute Gasteiger partial charge is 0.452 e. The molecule has 0 atom stereocenters. The van der Waals surface area contributed by atoms with Gasteiger partial charge in [-0.3, -0.25) is 4.79 Å². The first-order chi connectivity index (χ1) is 13.9. The highest BCUT2D eigenvalue weighted by molar-refractivity contribution is 9.10. The van der Waals surface area contributed by atoms with Crippen molar-refractivity contribution < 1.29 is 13.9 Å². The van der Waals surface area contributed by atoms with Crippen LogP contribution in [0.2, 0.25) is 10.0 Å². The lowest BCUT2D eigenvalue weighted by molar-refractivity contribution is 0.0731. The number of para-hydroxylation sites is 1. The molecule has 0 aliphatic carbocycles. The van der Waals surface area contributed by atoms with Crippen LogP contribution in [0.15, 0.2) is 80.4 Å². The molecule has 144 valence electrons. The number of esters is 1. The fourth-order valence-corrected chi connectivity index (χ4v) is 3.73. The molecule has 0 aliphatic heterocycles. The Balaban J connectivity index is 1.92. The van der Waals surface area contributed by atoms with Crippen LogP contribution in [0.25, 0.3) is 22.3 Å². The topological polar surface area (TPSA) is 56.5 Å². The molecule has 3 aromatic carbocycles. The Morgan fingerprint density at radius 3 is 2.52 bits per heavy atom. The van der Waals surface area contributed by atoms with Gasteiger partial charge in [-0.1, -0.05) is 57.3 Å². The number of carbonyl (C=O) groups excluding carboxylic acids is 1. The van der Waals surface area contributed by atoms with Crippen molar-refractivity contribution in [3.63, 3.8) is 0 Å². The van der Waals surface area contributed by atoms with Gasteiger partial charge in [-0.15, -0.1) is 0 Å². The molecule has 1 aromatic heterocycles. The predicted molar refractivity (Wildman–Crippen MR) is 117 cm³/mol. The molecule has 0 radical (unpaired) electrons. The maximum absolute atomic E-state index is 13.1. The van der Waals surface area contributed by atoms with Crippen molar-refractivity contribution in [3.05, 3.63) is 97.0 Å². The van der Waals surface area contributed by atoms with E-state index in [-0.39, 0.29) is 22.1 Å². The average Bonchev–Trinajstić information content (AvgIpc) is 2.70. The molecule has 4 aromatic rings. The van der Waals surface area contributed by atoms with Crippen molar-refractivity contribution in [2.45, 2.75) is 0 Å². The molecule has 1 heterocycles. The number of benzene rings is 3. The Labute approximate surface area is 183 Å². The van der Waals surface area contributed by atoms with Crippen LogP contribution in [0.1, 0.15) is 10.4 Å². The van der Waals surface area contributed by atoms with Crippen LogP contribution in [-0.4, -0.2) is 5.97 Å². The molecule has 29 heavy (non-hydrogen) atoms. The lowest BCUT2D eigenvalue weighted by atomic mass is 10.1. The van der Waals surface area contributed by atoms with Gasteiger partial charge >= 0.3 is 5.97 Å². The van der Waals surface area contributed by atoms with E-state index in [2.05, 4.69) is 15.9 Å². The molecule has 0 fully saturated rings. The summed E-state index contributed by atoms with van der Waals surface area (Å²) in [5.41, 5.74) is 0.535. The van der Waals surface area contributed by atoms with Crippen molar-refractivity contribution in [1.82, 2.24) is 0 Å². The quantitative estimate of drug-likeness (QED) is 0.299. The second kappa shape index (κ2) is 8.03. The summed E-state index contributed by atoms with van der Waals surface area (Å²) in [7, 11) is 0. The third-order valence-corrected chi connectivity index (χ3v) is 5.23. The third-order valence-electron chi connectivity index (χ3n) is 4.19. The van der Waals surface area contributed by atoms with Gasteiger partial charge < -0.3 is 9.15 Å². The van der Waals surface area contributed by atoms with E-state index in [1.54, 1.807) is 60.7 Å². The van der Waals surface area contributed by atoms with Crippen molar-refractivity contribution in [3.8, 4) is 17.1 Å². The number of hydrogen-bond acceptors (Lipinski definition) is 4.